The minimum atomic E-state index is 0.134. The van der Waals surface area contributed by atoms with Gasteiger partial charge in [-0.3, -0.25) is 9.36 Å². The van der Waals surface area contributed by atoms with E-state index in [2.05, 4.69) is 25.7 Å². The molecule has 1 unspecified atom stereocenters. The minimum absolute atomic E-state index is 0.134. The van der Waals surface area contributed by atoms with E-state index in [1.807, 2.05) is 49.0 Å². The van der Waals surface area contributed by atoms with Crippen LogP contribution in [0, 0.1) is 6.92 Å². The molecule has 1 atom stereocenters. The molecule has 1 aromatic carbocycles. The van der Waals surface area contributed by atoms with Crippen molar-refractivity contribution in [3.63, 3.8) is 0 Å². The van der Waals surface area contributed by atoms with Crippen LogP contribution in [0.2, 0.25) is 5.02 Å². The molecule has 4 rings (SSSR count). The van der Waals surface area contributed by atoms with Gasteiger partial charge in [-0.15, -0.1) is 10.2 Å². The number of aromatic nitrogens is 4. The van der Waals surface area contributed by atoms with Crippen LogP contribution in [0.25, 0.3) is 5.69 Å². The van der Waals surface area contributed by atoms with Crippen LogP contribution in [-0.4, -0.2) is 42.4 Å². The highest BCUT2D eigenvalue weighted by Gasteiger charge is 2.28. The van der Waals surface area contributed by atoms with Crippen LogP contribution in [0.15, 0.2) is 48.0 Å². The van der Waals surface area contributed by atoms with E-state index in [1.165, 1.54) is 23.9 Å². The maximum absolute atomic E-state index is 13.2. The molecule has 1 amide bonds. The molecule has 1 aliphatic heterocycles. The lowest BCUT2D eigenvalue weighted by atomic mass is 10.1. The molecule has 0 saturated carbocycles. The van der Waals surface area contributed by atoms with Crippen molar-refractivity contribution in [2.24, 2.45) is 7.05 Å². The largest absolute Gasteiger partial charge is 0.353 e. The van der Waals surface area contributed by atoms with Crippen molar-refractivity contribution < 1.29 is 4.79 Å². The molecular weight excluding hydrogens is 418 g/mol. The van der Waals surface area contributed by atoms with Gasteiger partial charge in [-0.05, 0) is 49.6 Å². The summed E-state index contributed by atoms with van der Waals surface area (Å²) in [6.45, 7) is 2.77. The van der Waals surface area contributed by atoms with Gasteiger partial charge in [-0.1, -0.05) is 42.3 Å². The lowest BCUT2D eigenvalue weighted by Crippen LogP contribution is -2.36. The summed E-state index contributed by atoms with van der Waals surface area (Å²) in [5.74, 6) is 0.476. The third-order valence-electron chi connectivity index (χ3n) is 5.67. The summed E-state index contributed by atoms with van der Waals surface area (Å²) in [5.41, 5.74) is 3.11. The van der Waals surface area contributed by atoms with E-state index in [4.69, 9.17) is 11.6 Å². The number of likely N-dealkylation sites (tertiary alicyclic amines) is 1. The molecule has 0 N–H and O–H groups in total. The van der Waals surface area contributed by atoms with Crippen LogP contribution >= 0.6 is 23.4 Å². The third kappa shape index (κ3) is 4.42. The molecule has 3 aromatic rings. The van der Waals surface area contributed by atoms with E-state index in [-0.39, 0.29) is 11.9 Å². The molecule has 0 spiro atoms. The minimum Gasteiger partial charge on any atom is -0.353 e. The molecule has 3 heterocycles. The van der Waals surface area contributed by atoms with Crippen molar-refractivity contribution in [1.82, 2.24) is 24.2 Å². The third-order valence-corrected chi connectivity index (χ3v) is 7.01. The monoisotopic (exact) mass is 443 g/mol. The number of amides is 1. The number of thioether (sulfide) groups is 1. The first-order valence-electron chi connectivity index (χ1n) is 10.2. The molecule has 8 heteroatoms. The number of hydrogen-bond acceptors (Lipinski definition) is 4. The predicted octanol–water partition coefficient (Wildman–Crippen LogP) is 4.80. The van der Waals surface area contributed by atoms with E-state index in [0.717, 1.165) is 37.1 Å². The lowest BCUT2D eigenvalue weighted by Gasteiger charge is -2.30. The fourth-order valence-corrected chi connectivity index (χ4v) is 4.97. The number of rotatable bonds is 5. The number of nitrogens with zero attached hydrogens (tertiary/aromatic N) is 5. The van der Waals surface area contributed by atoms with Crippen LogP contribution in [0.5, 0.6) is 0 Å². The molecule has 1 aliphatic rings. The average Bonchev–Trinajstić information content (AvgIpc) is 3.30. The lowest BCUT2D eigenvalue weighted by molar-refractivity contribution is -0.130. The molecule has 1 fully saturated rings. The van der Waals surface area contributed by atoms with E-state index >= 15 is 0 Å². The number of aryl methyl sites for hydroxylation is 2. The van der Waals surface area contributed by atoms with Gasteiger partial charge in [0.15, 0.2) is 5.16 Å². The van der Waals surface area contributed by atoms with Gasteiger partial charge in [0.05, 0.1) is 17.5 Å². The Kier molecular flexibility index (Phi) is 6.49. The number of carbonyl (C=O) groups excluding carboxylic acids is 1. The van der Waals surface area contributed by atoms with E-state index in [0.29, 0.717) is 15.9 Å². The fourth-order valence-electron chi connectivity index (χ4n) is 3.98. The smallest absolute Gasteiger partial charge is 0.233 e. The van der Waals surface area contributed by atoms with Gasteiger partial charge in [-0.2, -0.15) is 0 Å². The van der Waals surface area contributed by atoms with Crippen LogP contribution in [-0.2, 0) is 11.8 Å². The number of hydrogen-bond donors (Lipinski definition) is 0. The number of benzene rings is 1. The van der Waals surface area contributed by atoms with Crippen molar-refractivity contribution >= 4 is 29.3 Å². The Balaban J connectivity index is 1.49. The maximum Gasteiger partial charge on any atom is 0.233 e. The van der Waals surface area contributed by atoms with E-state index in [9.17, 15) is 4.79 Å². The molecule has 30 heavy (non-hydrogen) atoms. The van der Waals surface area contributed by atoms with Crippen LogP contribution in [0.4, 0.5) is 0 Å². The standard InChI is InChI=1S/C22H26ClN5OS/c1-16-9-10-17(13-18(16)23)28-15-24-25-22(28)30-14-21(29)27-12-5-3-4-7-20(27)19-8-6-11-26(19)2/h6,8-11,13,15,20H,3-5,7,12,14H2,1-2H3. The Morgan fingerprint density at radius 3 is 2.90 bits per heavy atom. The Morgan fingerprint density at radius 1 is 1.27 bits per heavy atom. The van der Waals surface area contributed by atoms with Crippen LogP contribution < -0.4 is 0 Å². The first-order valence-corrected chi connectivity index (χ1v) is 11.6. The van der Waals surface area contributed by atoms with Gasteiger partial charge < -0.3 is 9.47 Å². The van der Waals surface area contributed by atoms with Crippen molar-refractivity contribution in [3.05, 3.63) is 59.1 Å². The maximum atomic E-state index is 13.2. The molecule has 6 nitrogen and oxygen atoms in total. The normalized spacial score (nSPS) is 17.2. The van der Waals surface area contributed by atoms with Crippen molar-refractivity contribution in [2.75, 3.05) is 12.3 Å². The Morgan fingerprint density at radius 2 is 2.13 bits per heavy atom. The zero-order valence-corrected chi connectivity index (χ0v) is 18.9. The van der Waals surface area contributed by atoms with Crippen LogP contribution in [0.1, 0.15) is 43.0 Å². The zero-order chi connectivity index (χ0) is 21.1. The second-order valence-electron chi connectivity index (χ2n) is 7.70. The number of carbonyl (C=O) groups is 1. The molecule has 0 bridgehead atoms. The second kappa shape index (κ2) is 9.27. The molecule has 0 radical (unpaired) electrons. The van der Waals surface area contributed by atoms with E-state index < -0.39 is 0 Å². The summed E-state index contributed by atoms with van der Waals surface area (Å²) in [5, 5.41) is 9.65. The topological polar surface area (TPSA) is 56.0 Å². The van der Waals surface area contributed by atoms with Crippen molar-refractivity contribution in [1.29, 1.82) is 0 Å². The highest BCUT2D eigenvalue weighted by atomic mass is 35.5. The van der Waals surface area contributed by atoms with Gasteiger partial charge in [0, 0.05) is 30.5 Å². The predicted molar refractivity (Wildman–Crippen MR) is 120 cm³/mol. The summed E-state index contributed by atoms with van der Waals surface area (Å²) in [6.07, 6.45) is 8.08. The summed E-state index contributed by atoms with van der Waals surface area (Å²) in [4.78, 5) is 15.3. The average molecular weight is 444 g/mol. The van der Waals surface area contributed by atoms with Gasteiger partial charge in [-0.25, -0.2) is 0 Å². The molecule has 1 saturated heterocycles. The highest BCUT2D eigenvalue weighted by molar-refractivity contribution is 7.99. The van der Waals surface area contributed by atoms with Crippen molar-refractivity contribution in [2.45, 2.75) is 43.8 Å². The Hall–Kier alpha value is -2.25. The first-order chi connectivity index (χ1) is 14.5. The molecular formula is C22H26ClN5OS. The summed E-state index contributed by atoms with van der Waals surface area (Å²) in [7, 11) is 2.05. The number of halogens is 1. The van der Waals surface area contributed by atoms with Crippen molar-refractivity contribution in [3.8, 4) is 5.69 Å². The molecule has 2 aromatic heterocycles. The molecule has 158 valence electrons. The van der Waals surface area contributed by atoms with Gasteiger partial charge in [0.2, 0.25) is 5.91 Å². The van der Waals surface area contributed by atoms with Crippen LogP contribution in [0.3, 0.4) is 0 Å². The summed E-state index contributed by atoms with van der Waals surface area (Å²) in [6, 6.07) is 10.2. The summed E-state index contributed by atoms with van der Waals surface area (Å²) >= 11 is 7.70. The summed E-state index contributed by atoms with van der Waals surface area (Å²) < 4.78 is 4.00. The van der Waals surface area contributed by atoms with Gasteiger partial charge in [0.1, 0.15) is 6.33 Å². The quantitative estimate of drug-likeness (QED) is 0.531. The van der Waals surface area contributed by atoms with Gasteiger partial charge >= 0.3 is 0 Å². The Bertz CT molecular complexity index is 1030. The fraction of sp³-hybridized carbons (Fsp3) is 0.409. The first kappa shape index (κ1) is 21.0. The SMILES string of the molecule is Cc1ccc(-n2cnnc2SCC(=O)N2CCCCCC2c2cccn2C)cc1Cl. The molecule has 0 aliphatic carbocycles. The van der Waals surface area contributed by atoms with Gasteiger partial charge in [0.25, 0.3) is 0 Å². The zero-order valence-electron chi connectivity index (χ0n) is 17.3. The second-order valence-corrected chi connectivity index (χ2v) is 9.05. The highest BCUT2D eigenvalue weighted by Crippen LogP contribution is 2.31. The Labute approximate surface area is 186 Å². The van der Waals surface area contributed by atoms with E-state index in [1.54, 1.807) is 6.33 Å².